The van der Waals surface area contributed by atoms with Gasteiger partial charge in [-0.3, -0.25) is 0 Å². The normalized spacial score (nSPS) is 18.2. The first-order chi connectivity index (χ1) is 17.5. The van der Waals surface area contributed by atoms with Crippen molar-refractivity contribution >= 4 is 58.9 Å². The Balaban J connectivity index is 1.94. The first-order valence-corrected chi connectivity index (χ1v) is 15.9. The summed E-state index contributed by atoms with van der Waals surface area (Å²) in [5, 5.41) is 3.13. The Labute approximate surface area is 221 Å². The SMILES string of the molecule is Cc1ccc2c(c1)N(C)c1cc(C)ccc1P(C)(=O)c1ccc(C)cc1N(C)c1cc(C)ccc1[P+]2=O. The quantitative estimate of drug-likeness (QED) is 0.245. The van der Waals surface area contributed by atoms with Gasteiger partial charge in [-0.15, -0.1) is 0 Å². The fraction of sp³-hybridized carbons (Fsp3) is 0.226. The summed E-state index contributed by atoms with van der Waals surface area (Å²) in [6.45, 7) is 10.1. The van der Waals surface area contributed by atoms with Crippen LogP contribution in [0.25, 0.3) is 0 Å². The van der Waals surface area contributed by atoms with E-state index in [1.165, 1.54) is 0 Å². The molecule has 0 unspecified atom stereocenters. The molecule has 1 aliphatic heterocycles. The van der Waals surface area contributed by atoms with Crippen LogP contribution in [0.15, 0.2) is 72.8 Å². The standard InChI is InChI=1S/C31H33N2O2P2/c1-20-8-12-28-24(16-20)32(5)26-18-22(3)10-14-30(26)37(7,35)31-15-11-23(4)19-27(31)33(6)25-17-21(2)9-13-29(25)36(28)34/h8-19H,1-7H3/q+1. The van der Waals surface area contributed by atoms with Crippen molar-refractivity contribution in [1.82, 2.24) is 0 Å². The third-order valence-electron chi connectivity index (χ3n) is 7.33. The number of hydrogen-bond acceptors (Lipinski definition) is 4. The molecule has 0 N–H and O–H groups in total. The van der Waals surface area contributed by atoms with Gasteiger partial charge >= 0.3 is 7.80 Å². The summed E-state index contributed by atoms with van der Waals surface area (Å²) in [7, 11) is -0.987. The summed E-state index contributed by atoms with van der Waals surface area (Å²) < 4.78 is 29.3. The van der Waals surface area contributed by atoms with E-state index in [2.05, 4.69) is 34.1 Å². The molecular weight excluding hydrogens is 494 g/mol. The monoisotopic (exact) mass is 527 g/mol. The molecule has 4 nitrogen and oxygen atoms in total. The van der Waals surface area contributed by atoms with Crippen LogP contribution in [0.3, 0.4) is 0 Å². The van der Waals surface area contributed by atoms with Crippen molar-refractivity contribution in [2.45, 2.75) is 27.7 Å². The minimum atomic E-state index is -3.05. The molecule has 0 aliphatic carbocycles. The molecule has 1 aliphatic rings. The van der Waals surface area contributed by atoms with Gasteiger partial charge in [0.1, 0.15) is 7.14 Å². The fourth-order valence-corrected chi connectivity index (χ4v) is 9.00. The van der Waals surface area contributed by atoms with E-state index in [9.17, 15) is 9.13 Å². The van der Waals surface area contributed by atoms with Crippen molar-refractivity contribution < 1.29 is 9.13 Å². The third-order valence-corrected chi connectivity index (χ3v) is 11.6. The van der Waals surface area contributed by atoms with Gasteiger partial charge in [-0.2, -0.15) is 0 Å². The maximum absolute atomic E-state index is 14.9. The summed E-state index contributed by atoms with van der Waals surface area (Å²) in [6, 6.07) is 24.4. The molecule has 0 spiro atoms. The summed E-state index contributed by atoms with van der Waals surface area (Å²) in [4.78, 5) is 4.14. The van der Waals surface area contributed by atoms with Crippen molar-refractivity contribution in [3.05, 3.63) is 95.1 Å². The van der Waals surface area contributed by atoms with Crippen molar-refractivity contribution in [3.8, 4) is 0 Å². The second kappa shape index (κ2) is 9.28. The third kappa shape index (κ3) is 4.33. The topological polar surface area (TPSA) is 40.6 Å². The van der Waals surface area contributed by atoms with E-state index < -0.39 is 14.9 Å². The van der Waals surface area contributed by atoms with Gasteiger partial charge in [0, 0.05) is 24.7 Å². The fourth-order valence-electron chi connectivity index (χ4n) is 5.19. The van der Waals surface area contributed by atoms with Crippen molar-refractivity contribution in [3.63, 3.8) is 0 Å². The van der Waals surface area contributed by atoms with Crippen LogP contribution >= 0.6 is 14.9 Å². The van der Waals surface area contributed by atoms with Gasteiger partial charge in [0.2, 0.25) is 10.6 Å². The number of anilines is 4. The Morgan fingerprint density at radius 1 is 0.568 bits per heavy atom. The van der Waals surface area contributed by atoms with Gasteiger partial charge < -0.3 is 14.4 Å². The molecule has 0 bridgehead atoms. The van der Waals surface area contributed by atoms with E-state index >= 15 is 0 Å². The summed E-state index contributed by atoms with van der Waals surface area (Å²) >= 11 is 0. The van der Waals surface area contributed by atoms with Gasteiger partial charge in [0.25, 0.3) is 0 Å². The second-order valence-electron chi connectivity index (χ2n) is 10.3. The maximum atomic E-state index is 14.9. The Morgan fingerprint density at radius 2 is 0.892 bits per heavy atom. The summed E-state index contributed by atoms with van der Waals surface area (Å²) in [5.74, 6) is 0. The molecule has 0 amide bonds. The predicted molar refractivity (Wildman–Crippen MR) is 161 cm³/mol. The molecular formula is C31H33N2O2P2+. The summed E-state index contributed by atoms with van der Waals surface area (Å²) in [6.07, 6.45) is 0. The zero-order valence-corrected chi connectivity index (χ0v) is 24.3. The van der Waals surface area contributed by atoms with Crippen LogP contribution in [0.5, 0.6) is 0 Å². The number of fused-ring (bicyclic) bond motifs is 4. The lowest BCUT2D eigenvalue weighted by molar-refractivity contribution is 0.590. The average molecular weight is 528 g/mol. The zero-order valence-electron chi connectivity index (χ0n) is 22.5. The number of nitrogens with zero attached hydrogens (tertiary/aromatic N) is 2. The molecule has 5 rings (SSSR count). The van der Waals surface area contributed by atoms with Crippen molar-refractivity contribution in [1.29, 1.82) is 0 Å². The molecule has 4 aromatic rings. The van der Waals surface area contributed by atoms with Crippen LogP contribution in [0.2, 0.25) is 0 Å². The van der Waals surface area contributed by atoms with E-state index in [1.807, 2.05) is 97.0 Å². The Kier molecular flexibility index (Phi) is 6.39. The number of benzene rings is 4. The first-order valence-electron chi connectivity index (χ1n) is 12.4. The highest BCUT2D eigenvalue weighted by molar-refractivity contribution is 7.78. The zero-order chi connectivity index (χ0) is 26.6. The minimum absolute atomic E-state index is 0.769. The Bertz CT molecular complexity index is 1510. The van der Waals surface area contributed by atoms with E-state index in [4.69, 9.17) is 0 Å². The van der Waals surface area contributed by atoms with E-state index in [0.29, 0.717) is 0 Å². The molecule has 188 valence electrons. The molecule has 1 heterocycles. The highest BCUT2D eigenvalue weighted by Crippen LogP contribution is 2.47. The molecule has 4 aromatic carbocycles. The van der Waals surface area contributed by atoms with Crippen LogP contribution < -0.4 is 31.0 Å². The lowest BCUT2D eigenvalue weighted by atomic mass is 10.1. The van der Waals surface area contributed by atoms with E-state index in [1.54, 1.807) is 0 Å². The van der Waals surface area contributed by atoms with Gasteiger partial charge in [0.15, 0.2) is 0 Å². The predicted octanol–water partition coefficient (Wildman–Crippen LogP) is 6.49. The smallest absolute Gasteiger partial charge is 0.340 e. The van der Waals surface area contributed by atoms with Gasteiger partial charge in [0.05, 0.1) is 22.7 Å². The molecule has 37 heavy (non-hydrogen) atoms. The van der Waals surface area contributed by atoms with Gasteiger partial charge in [-0.25, -0.2) is 0 Å². The van der Waals surface area contributed by atoms with Crippen LogP contribution in [0.4, 0.5) is 22.7 Å². The maximum Gasteiger partial charge on any atom is 0.419 e. The lowest BCUT2D eigenvalue weighted by Crippen LogP contribution is -2.30. The lowest BCUT2D eigenvalue weighted by Gasteiger charge is -2.30. The van der Waals surface area contributed by atoms with Gasteiger partial charge in [-0.05, 0) is 105 Å². The molecule has 0 aromatic heterocycles. The summed E-state index contributed by atoms with van der Waals surface area (Å²) in [5.41, 5.74) is 7.81. The van der Waals surface area contributed by atoms with Crippen LogP contribution in [0.1, 0.15) is 22.3 Å². The molecule has 0 fully saturated rings. The molecule has 0 saturated heterocycles. The number of hydrogen-bond donors (Lipinski definition) is 0. The molecule has 0 radical (unpaired) electrons. The number of aryl methyl sites for hydroxylation is 4. The molecule has 0 saturated carbocycles. The van der Waals surface area contributed by atoms with Crippen LogP contribution in [-0.4, -0.2) is 20.8 Å². The number of rotatable bonds is 0. The minimum Gasteiger partial charge on any atom is -0.340 e. The largest absolute Gasteiger partial charge is 0.419 e. The highest BCUT2D eigenvalue weighted by Gasteiger charge is 2.37. The van der Waals surface area contributed by atoms with E-state index in [0.717, 1.165) is 66.2 Å². The van der Waals surface area contributed by atoms with Crippen LogP contribution in [0, 0.1) is 27.7 Å². The Morgan fingerprint density at radius 3 is 1.27 bits per heavy atom. The van der Waals surface area contributed by atoms with Crippen molar-refractivity contribution in [2.75, 3.05) is 30.6 Å². The van der Waals surface area contributed by atoms with E-state index in [-0.39, 0.29) is 0 Å². The molecule has 6 heteroatoms. The van der Waals surface area contributed by atoms with Crippen LogP contribution in [-0.2, 0) is 9.13 Å². The second-order valence-corrected chi connectivity index (χ2v) is 14.7. The average Bonchev–Trinajstić information content (AvgIpc) is 2.86. The van der Waals surface area contributed by atoms with Gasteiger partial charge in [-0.1, -0.05) is 28.8 Å². The first kappa shape index (κ1) is 25.5. The Hall–Kier alpha value is -3.19. The highest BCUT2D eigenvalue weighted by atomic mass is 31.2. The van der Waals surface area contributed by atoms with Crippen molar-refractivity contribution in [2.24, 2.45) is 0 Å². The molecule has 0 atom stereocenters.